The molecule has 4 aromatic rings. The number of carbonyl (C=O) groups excluding carboxylic acids is 2. The van der Waals surface area contributed by atoms with E-state index in [0.29, 0.717) is 11.4 Å². The summed E-state index contributed by atoms with van der Waals surface area (Å²) in [5.41, 5.74) is 6.68. The van der Waals surface area contributed by atoms with Crippen molar-refractivity contribution in [2.45, 2.75) is 60.5 Å². The summed E-state index contributed by atoms with van der Waals surface area (Å²) in [6.07, 6.45) is -1.70. The van der Waals surface area contributed by atoms with Crippen LogP contribution in [0.5, 0.6) is 0 Å². The number of nitrogen functional groups attached to an aromatic ring is 1. The molecule has 2 fully saturated rings. The van der Waals surface area contributed by atoms with Crippen LogP contribution in [-0.2, 0) is 33.3 Å². The number of aromatic nitrogens is 6. The van der Waals surface area contributed by atoms with E-state index in [2.05, 4.69) is 20.6 Å². The maximum atomic E-state index is 14.1. The van der Waals surface area contributed by atoms with Crippen LogP contribution in [0.1, 0.15) is 25.4 Å². The Morgan fingerprint density at radius 2 is 1.69 bits per heavy atom. The van der Waals surface area contributed by atoms with Crippen molar-refractivity contribution >= 4 is 29.4 Å². The SMILES string of the molecule is COC(=O)C[C@H]1O[C@@H](S[C@@H]2COC[C@H](n3cc(-c4cccc(N)c4)nn3)[C@H]2O)[C@H](OC)[C@@H](n2cc(-c3cc(F)c(F)c(F)c3)nn2)[C@H]1OC(C)=O. The number of esters is 2. The molecule has 0 aliphatic carbocycles. The largest absolute Gasteiger partial charge is 0.469 e. The molecule has 2 saturated heterocycles. The molecule has 2 aromatic heterocycles. The molecule has 15 nitrogen and oxygen atoms in total. The first-order valence-corrected chi connectivity index (χ1v) is 16.6. The van der Waals surface area contributed by atoms with E-state index in [1.807, 2.05) is 6.07 Å². The summed E-state index contributed by atoms with van der Waals surface area (Å²) >= 11 is 1.16. The number of ether oxygens (including phenoxy) is 5. The summed E-state index contributed by atoms with van der Waals surface area (Å²) in [7, 11) is 2.57. The van der Waals surface area contributed by atoms with E-state index < -0.39 is 76.6 Å². The Hall–Kier alpha value is -4.56. The highest BCUT2D eigenvalue weighted by molar-refractivity contribution is 8.00. The average molecular weight is 734 g/mol. The van der Waals surface area contributed by atoms with Crippen LogP contribution in [0.4, 0.5) is 18.9 Å². The van der Waals surface area contributed by atoms with E-state index in [1.54, 1.807) is 24.4 Å². The number of thioether (sulfide) groups is 1. The minimum atomic E-state index is -1.64. The zero-order valence-corrected chi connectivity index (χ0v) is 28.3. The number of benzene rings is 2. The minimum Gasteiger partial charge on any atom is -0.469 e. The number of rotatable bonds is 10. The molecule has 8 atom stereocenters. The number of aliphatic hydroxyl groups is 1. The summed E-state index contributed by atoms with van der Waals surface area (Å²) < 4.78 is 73.4. The Morgan fingerprint density at radius 3 is 2.35 bits per heavy atom. The molecule has 6 rings (SSSR count). The maximum Gasteiger partial charge on any atom is 0.308 e. The van der Waals surface area contributed by atoms with E-state index in [0.717, 1.165) is 29.5 Å². The topological polar surface area (TPSA) is 188 Å². The summed E-state index contributed by atoms with van der Waals surface area (Å²) in [5, 5.41) is 27.6. The Morgan fingerprint density at radius 1 is 1.00 bits per heavy atom. The van der Waals surface area contributed by atoms with E-state index in [1.165, 1.54) is 36.7 Å². The van der Waals surface area contributed by atoms with Crippen LogP contribution in [0.3, 0.4) is 0 Å². The molecule has 0 saturated carbocycles. The number of halogens is 3. The van der Waals surface area contributed by atoms with Crippen LogP contribution in [0.15, 0.2) is 48.8 Å². The van der Waals surface area contributed by atoms with Gasteiger partial charge < -0.3 is 34.5 Å². The lowest BCUT2D eigenvalue weighted by molar-refractivity contribution is -0.203. The van der Waals surface area contributed by atoms with Crippen molar-refractivity contribution in [2.24, 2.45) is 0 Å². The summed E-state index contributed by atoms with van der Waals surface area (Å²) in [6, 6.07) is 6.98. The summed E-state index contributed by atoms with van der Waals surface area (Å²) in [5.74, 6) is -5.87. The second-order valence-corrected chi connectivity index (χ2v) is 13.2. The molecule has 3 N–H and O–H groups in total. The lowest BCUT2D eigenvalue weighted by Crippen LogP contribution is -2.57. The van der Waals surface area contributed by atoms with Crippen LogP contribution in [0, 0.1) is 17.5 Å². The van der Waals surface area contributed by atoms with Crippen LogP contribution < -0.4 is 5.73 Å². The monoisotopic (exact) mass is 733 g/mol. The number of hydrogen-bond acceptors (Lipinski definition) is 14. The van der Waals surface area contributed by atoms with Gasteiger partial charge in [0, 0.05) is 30.8 Å². The molecule has 2 aliphatic rings. The molecule has 0 unspecified atom stereocenters. The molecule has 4 heterocycles. The van der Waals surface area contributed by atoms with Crippen molar-refractivity contribution in [1.82, 2.24) is 30.0 Å². The number of carbonyl (C=O) groups is 2. The van der Waals surface area contributed by atoms with Crippen LogP contribution >= 0.6 is 11.8 Å². The second kappa shape index (κ2) is 15.4. The Balaban J connectivity index is 1.31. The zero-order valence-electron chi connectivity index (χ0n) is 27.5. The fourth-order valence-electron chi connectivity index (χ4n) is 6.11. The second-order valence-electron chi connectivity index (χ2n) is 11.9. The summed E-state index contributed by atoms with van der Waals surface area (Å²) in [6.45, 7) is 1.40. The lowest BCUT2D eigenvalue weighted by atomic mass is 9.94. The molecule has 2 aliphatic heterocycles. The first-order chi connectivity index (χ1) is 24.5. The van der Waals surface area contributed by atoms with Gasteiger partial charge >= 0.3 is 11.9 Å². The summed E-state index contributed by atoms with van der Waals surface area (Å²) in [4.78, 5) is 24.9. The van der Waals surface area contributed by atoms with Gasteiger partial charge in [0.25, 0.3) is 0 Å². The van der Waals surface area contributed by atoms with Crippen LogP contribution in [0.2, 0.25) is 0 Å². The van der Waals surface area contributed by atoms with Gasteiger partial charge in [0.05, 0.1) is 50.5 Å². The van der Waals surface area contributed by atoms with E-state index in [-0.39, 0.29) is 30.9 Å². The number of hydrogen-bond donors (Lipinski definition) is 2. The van der Waals surface area contributed by atoms with E-state index in [4.69, 9.17) is 29.4 Å². The van der Waals surface area contributed by atoms with Gasteiger partial charge in [-0.15, -0.1) is 22.0 Å². The first kappa shape index (κ1) is 36.2. The molecule has 0 spiro atoms. The van der Waals surface area contributed by atoms with E-state index in [9.17, 15) is 27.9 Å². The van der Waals surface area contributed by atoms with Gasteiger partial charge in [0.15, 0.2) is 23.6 Å². The molecule has 0 amide bonds. The Labute approximate surface area is 293 Å². The fourth-order valence-corrected chi connectivity index (χ4v) is 7.60. The Kier molecular flexibility index (Phi) is 10.9. The predicted octanol–water partition coefficient (Wildman–Crippen LogP) is 2.71. The predicted molar refractivity (Wildman–Crippen MR) is 173 cm³/mol. The smallest absolute Gasteiger partial charge is 0.308 e. The normalized spacial score (nSPS) is 26.5. The highest BCUT2D eigenvalue weighted by atomic mass is 32.2. The number of nitrogens with zero attached hydrogens (tertiary/aromatic N) is 6. The van der Waals surface area contributed by atoms with Gasteiger partial charge in [-0.05, 0) is 24.3 Å². The van der Waals surface area contributed by atoms with Gasteiger partial charge in [-0.25, -0.2) is 22.5 Å². The maximum absolute atomic E-state index is 14.1. The van der Waals surface area contributed by atoms with Gasteiger partial charge in [-0.2, -0.15) is 0 Å². The number of nitrogens with two attached hydrogens (primary N) is 1. The zero-order chi connectivity index (χ0) is 36.4. The average Bonchev–Trinajstić information content (AvgIpc) is 3.79. The van der Waals surface area contributed by atoms with Crippen molar-refractivity contribution in [3.63, 3.8) is 0 Å². The lowest BCUT2D eigenvalue weighted by Gasteiger charge is -2.46. The molecule has 0 bridgehead atoms. The number of aliphatic hydroxyl groups excluding tert-OH is 1. The minimum absolute atomic E-state index is 0.0335. The van der Waals surface area contributed by atoms with Gasteiger partial charge in [0.2, 0.25) is 0 Å². The Bertz CT molecular complexity index is 1860. The van der Waals surface area contributed by atoms with Crippen LogP contribution in [0.25, 0.3) is 22.5 Å². The third-order valence-electron chi connectivity index (χ3n) is 8.57. The highest BCUT2D eigenvalue weighted by Crippen LogP contribution is 2.43. The standard InChI is InChI=1S/C32H34F3N7O8S/c1-15(43)49-30-24(10-26(44)46-2)50-32(31(47-3)28(30)42-12-22(38-40-42)17-8-19(33)27(35)20(34)9-17)51-25-14-48-13-23(29(25)45)41-11-21(37-39-41)16-5-4-6-18(36)7-16/h4-9,11-12,23-25,28-32,45H,10,13-14,36H2,1-3H3/t23-,24+,25+,28-,29+,30-,31+,32-/m0/s1. The molecular weight excluding hydrogens is 699 g/mol. The van der Waals surface area contributed by atoms with Crippen molar-refractivity contribution in [2.75, 3.05) is 33.2 Å². The molecular formula is C32H34F3N7O8S. The molecule has 19 heteroatoms. The molecule has 0 radical (unpaired) electrons. The first-order valence-electron chi connectivity index (χ1n) is 15.7. The van der Waals surface area contributed by atoms with Crippen molar-refractivity contribution in [3.8, 4) is 22.5 Å². The third-order valence-corrected chi connectivity index (χ3v) is 9.98. The highest BCUT2D eigenvalue weighted by Gasteiger charge is 2.52. The van der Waals surface area contributed by atoms with Crippen LogP contribution in [-0.4, -0.2) is 110 Å². The van der Waals surface area contributed by atoms with E-state index >= 15 is 0 Å². The van der Waals surface area contributed by atoms with Crippen molar-refractivity contribution in [3.05, 3.63) is 66.2 Å². The van der Waals surface area contributed by atoms with Gasteiger partial charge in [0.1, 0.15) is 41.1 Å². The van der Waals surface area contributed by atoms with Gasteiger partial charge in [-0.1, -0.05) is 22.6 Å². The quantitative estimate of drug-likeness (QED) is 0.138. The van der Waals surface area contributed by atoms with Gasteiger partial charge in [-0.3, -0.25) is 9.59 Å². The van der Waals surface area contributed by atoms with Crippen molar-refractivity contribution in [1.29, 1.82) is 0 Å². The molecule has 272 valence electrons. The molecule has 2 aromatic carbocycles. The number of anilines is 1. The molecule has 51 heavy (non-hydrogen) atoms. The fraction of sp³-hybridized carbons (Fsp3) is 0.438. The number of methoxy groups -OCH3 is 2. The third kappa shape index (κ3) is 7.71. The van der Waals surface area contributed by atoms with Crippen molar-refractivity contribution < 1.29 is 51.6 Å².